The first-order valence-electron chi connectivity index (χ1n) is 5.97. The fourth-order valence-corrected chi connectivity index (χ4v) is 1.64. The normalized spacial score (nSPS) is 10.0. The van der Waals surface area contributed by atoms with E-state index < -0.39 is 0 Å². The highest BCUT2D eigenvalue weighted by Gasteiger charge is 2.12. The van der Waals surface area contributed by atoms with E-state index in [4.69, 9.17) is 0 Å². The van der Waals surface area contributed by atoms with Crippen molar-refractivity contribution in [1.82, 2.24) is 15.0 Å². The van der Waals surface area contributed by atoms with Crippen LogP contribution >= 0.6 is 0 Å². The molecule has 0 spiro atoms. The molecule has 0 unspecified atom stereocenters. The van der Waals surface area contributed by atoms with Gasteiger partial charge in [-0.3, -0.25) is 9.78 Å². The second-order valence-corrected chi connectivity index (χ2v) is 3.98. The molecule has 1 amide bonds. The van der Waals surface area contributed by atoms with Gasteiger partial charge in [0.1, 0.15) is 6.33 Å². The van der Waals surface area contributed by atoms with E-state index in [0.717, 1.165) is 17.9 Å². The third kappa shape index (κ3) is 3.25. The lowest BCUT2D eigenvalue weighted by Gasteiger charge is -2.11. The first-order valence-corrected chi connectivity index (χ1v) is 5.97. The molecule has 2 rings (SSSR count). The first-order chi connectivity index (χ1) is 9.20. The summed E-state index contributed by atoms with van der Waals surface area (Å²) >= 11 is 0. The number of aromatic nitrogens is 3. The predicted octanol–water partition coefficient (Wildman–Crippen LogP) is 1.86. The summed E-state index contributed by atoms with van der Waals surface area (Å²) in [5.74, 6) is -0.238. The minimum Gasteiger partial charge on any atom is -0.385 e. The Balaban J connectivity index is 2.23. The van der Waals surface area contributed by atoms with Crippen LogP contribution < -0.4 is 10.6 Å². The third-order valence-electron chi connectivity index (χ3n) is 2.47. The molecular weight excluding hydrogens is 242 g/mol. The third-order valence-corrected chi connectivity index (χ3v) is 2.47. The van der Waals surface area contributed by atoms with Crippen LogP contribution in [0, 0.1) is 6.92 Å². The minimum absolute atomic E-state index is 0.238. The lowest BCUT2D eigenvalue weighted by atomic mass is 10.2. The molecule has 0 saturated heterocycles. The zero-order valence-corrected chi connectivity index (χ0v) is 10.8. The molecule has 2 aromatic rings. The molecule has 2 heterocycles. The Morgan fingerprint density at radius 1 is 1.26 bits per heavy atom. The SMILES string of the molecule is CCNc1cc(C)ncc1C(=O)Nc1cncnc1. The van der Waals surface area contributed by atoms with Crippen molar-refractivity contribution in [2.45, 2.75) is 13.8 Å². The van der Waals surface area contributed by atoms with E-state index in [9.17, 15) is 4.79 Å². The van der Waals surface area contributed by atoms with Crippen LogP contribution in [0.25, 0.3) is 0 Å². The highest BCUT2D eigenvalue weighted by molar-refractivity contribution is 6.07. The molecule has 19 heavy (non-hydrogen) atoms. The number of pyridine rings is 1. The van der Waals surface area contributed by atoms with E-state index in [-0.39, 0.29) is 5.91 Å². The van der Waals surface area contributed by atoms with E-state index in [1.165, 1.54) is 6.33 Å². The zero-order valence-electron chi connectivity index (χ0n) is 10.8. The summed E-state index contributed by atoms with van der Waals surface area (Å²) in [7, 11) is 0. The molecule has 98 valence electrons. The largest absolute Gasteiger partial charge is 0.385 e. The predicted molar refractivity (Wildman–Crippen MR) is 73.1 cm³/mol. The van der Waals surface area contributed by atoms with Crippen LogP contribution in [0.2, 0.25) is 0 Å². The lowest BCUT2D eigenvalue weighted by molar-refractivity contribution is 0.102. The summed E-state index contributed by atoms with van der Waals surface area (Å²) in [6, 6.07) is 1.85. The summed E-state index contributed by atoms with van der Waals surface area (Å²) in [4.78, 5) is 24.0. The van der Waals surface area contributed by atoms with Gasteiger partial charge >= 0.3 is 0 Å². The molecular formula is C13H15N5O. The van der Waals surface area contributed by atoms with Crippen LogP contribution in [-0.4, -0.2) is 27.4 Å². The molecule has 0 aliphatic heterocycles. The van der Waals surface area contributed by atoms with Gasteiger partial charge < -0.3 is 10.6 Å². The van der Waals surface area contributed by atoms with Gasteiger partial charge in [0, 0.05) is 18.4 Å². The maximum atomic E-state index is 12.2. The summed E-state index contributed by atoms with van der Waals surface area (Å²) in [5.41, 5.74) is 2.67. The second kappa shape index (κ2) is 5.90. The van der Waals surface area contributed by atoms with Gasteiger partial charge in [-0.15, -0.1) is 0 Å². The minimum atomic E-state index is -0.238. The molecule has 0 fully saturated rings. The maximum Gasteiger partial charge on any atom is 0.259 e. The summed E-state index contributed by atoms with van der Waals surface area (Å²) < 4.78 is 0. The van der Waals surface area contributed by atoms with Crippen molar-refractivity contribution < 1.29 is 4.79 Å². The van der Waals surface area contributed by atoms with Gasteiger partial charge in [0.2, 0.25) is 0 Å². The van der Waals surface area contributed by atoms with E-state index in [0.29, 0.717) is 11.3 Å². The smallest absolute Gasteiger partial charge is 0.259 e. The number of carbonyl (C=O) groups excluding carboxylic acids is 1. The Bertz CT molecular complexity index is 571. The van der Waals surface area contributed by atoms with Crippen molar-refractivity contribution in [3.63, 3.8) is 0 Å². The maximum absolute atomic E-state index is 12.2. The summed E-state index contributed by atoms with van der Waals surface area (Å²) in [5, 5.41) is 5.88. The number of hydrogen-bond donors (Lipinski definition) is 2. The van der Waals surface area contributed by atoms with Crippen LogP contribution in [0.15, 0.2) is 31.0 Å². The van der Waals surface area contributed by atoms with Gasteiger partial charge in [0.15, 0.2) is 0 Å². The summed E-state index contributed by atoms with van der Waals surface area (Å²) in [6.45, 7) is 4.59. The standard InChI is InChI=1S/C13H15N5O/c1-3-16-12-4-9(2)17-7-11(12)13(19)18-10-5-14-8-15-6-10/h4-8H,3H2,1-2H3,(H,16,17)(H,18,19). The van der Waals surface area contributed by atoms with Gasteiger partial charge in [0.05, 0.1) is 29.3 Å². The highest BCUT2D eigenvalue weighted by Crippen LogP contribution is 2.17. The van der Waals surface area contributed by atoms with Crippen LogP contribution in [0.4, 0.5) is 11.4 Å². The fourth-order valence-electron chi connectivity index (χ4n) is 1.64. The number of carbonyl (C=O) groups is 1. The highest BCUT2D eigenvalue weighted by atomic mass is 16.1. The second-order valence-electron chi connectivity index (χ2n) is 3.98. The topological polar surface area (TPSA) is 79.8 Å². The Morgan fingerprint density at radius 2 is 2.00 bits per heavy atom. The lowest BCUT2D eigenvalue weighted by Crippen LogP contribution is -2.15. The molecule has 0 aliphatic carbocycles. The first kappa shape index (κ1) is 12.9. The Morgan fingerprint density at radius 3 is 2.68 bits per heavy atom. The van der Waals surface area contributed by atoms with Crippen molar-refractivity contribution in [2.75, 3.05) is 17.2 Å². The van der Waals surface area contributed by atoms with E-state index in [1.54, 1.807) is 18.6 Å². The molecule has 0 atom stereocenters. The average molecular weight is 257 g/mol. The van der Waals surface area contributed by atoms with E-state index in [2.05, 4.69) is 25.6 Å². The van der Waals surface area contributed by atoms with Crippen molar-refractivity contribution in [3.05, 3.63) is 42.2 Å². The van der Waals surface area contributed by atoms with Crippen LogP contribution in [-0.2, 0) is 0 Å². The number of aryl methyl sites for hydroxylation is 1. The van der Waals surface area contributed by atoms with Crippen LogP contribution in [0.3, 0.4) is 0 Å². The number of nitrogens with one attached hydrogen (secondary N) is 2. The van der Waals surface area contributed by atoms with Gasteiger partial charge in [0.25, 0.3) is 5.91 Å². The van der Waals surface area contributed by atoms with Gasteiger partial charge in [-0.2, -0.15) is 0 Å². The van der Waals surface area contributed by atoms with Crippen LogP contribution in [0.5, 0.6) is 0 Å². The van der Waals surface area contributed by atoms with Crippen molar-refractivity contribution in [1.29, 1.82) is 0 Å². The molecule has 0 aliphatic rings. The number of anilines is 2. The van der Waals surface area contributed by atoms with Crippen molar-refractivity contribution in [2.24, 2.45) is 0 Å². The van der Waals surface area contributed by atoms with Gasteiger partial charge in [-0.25, -0.2) is 9.97 Å². The molecule has 0 saturated carbocycles. The molecule has 2 N–H and O–H groups in total. The fraction of sp³-hybridized carbons (Fsp3) is 0.231. The molecule has 0 bridgehead atoms. The Hall–Kier alpha value is -2.50. The van der Waals surface area contributed by atoms with Crippen molar-refractivity contribution in [3.8, 4) is 0 Å². The Labute approximate surface area is 111 Å². The molecule has 6 nitrogen and oxygen atoms in total. The van der Waals surface area contributed by atoms with E-state index in [1.807, 2.05) is 19.9 Å². The molecule has 0 radical (unpaired) electrons. The average Bonchev–Trinajstić information content (AvgIpc) is 2.40. The number of amides is 1. The van der Waals surface area contributed by atoms with Gasteiger partial charge in [-0.1, -0.05) is 0 Å². The van der Waals surface area contributed by atoms with Gasteiger partial charge in [-0.05, 0) is 19.9 Å². The van der Waals surface area contributed by atoms with Crippen LogP contribution in [0.1, 0.15) is 23.0 Å². The number of rotatable bonds is 4. The van der Waals surface area contributed by atoms with E-state index >= 15 is 0 Å². The quantitative estimate of drug-likeness (QED) is 0.874. The van der Waals surface area contributed by atoms with Crippen molar-refractivity contribution >= 4 is 17.3 Å². The zero-order chi connectivity index (χ0) is 13.7. The summed E-state index contributed by atoms with van der Waals surface area (Å²) in [6.07, 6.45) is 6.05. The Kier molecular flexibility index (Phi) is 4.02. The number of nitrogens with zero attached hydrogens (tertiary/aromatic N) is 3. The molecule has 0 aromatic carbocycles. The number of hydrogen-bond acceptors (Lipinski definition) is 5. The monoisotopic (exact) mass is 257 g/mol. The molecule has 6 heteroatoms. The molecule has 2 aromatic heterocycles.